The van der Waals surface area contributed by atoms with E-state index >= 15 is 0 Å². The first-order chi connectivity index (χ1) is 19.7. The fraction of sp³-hybridized carbons (Fsp3) is 0.233. The van der Waals surface area contributed by atoms with Crippen LogP contribution in [0.2, 0.25) is 0 Å². The summed E-state index contributed by atoms with van der Waals surface area (Å²) in [5, 5.41) is 2.49. The molecule has 3 aromatic rings. The third-order valence-electron chi connectivity index (χ3n) is 6.35. The molecule has 11 heteroatoms. The van der Waals surface area contributed by atoms with Gasteiger partial charge in [-0.15, -0.1) is 0 Å². The van der Waals surface area contributed by atoms with Crippen LogP contribution >= 0.6 is 27.7 Å². The number of methoxy groups -OCH3 is 2. The first kappa shape index (κ1) is 30.0. The van der Waals surface area contributed by atoms with Gasteiger partial charge in [0.2, 0.25) is 0 Å². The lowest BCUT2D eigenvalue weighted by Crippen LogP contribution is -2.32. The van der Waals surface area contributed by atoms with Gasteiger partial charge in [0.15, 0.2) is 29.6 Å². The number of hydrogen-bond acceptors (Lipinski definition) is 8. The van der Waals surface area contributed by atoms with Crippen molar-refractivity contribution in [2.45, 2.75) is 13.8 Å². The van der Waals surface area contributed by atoms with Crippen molar-refractivity contribution in [2.24, 2.45) is 0 Å². The number of ether oxygens (including phenoxy) is 4. The number of carbonyl (C=O) groups excluding carboxylic acids is 3. The third-order valence-corrected chi connectivity index (χ3v) is 8.12. The van der Waals surface area contributed by atoms with Gasteiger partial charge in [-0.05, 0) is 84.8 Å². The van der Waals surface area contributed by atoms with Crippen molar-refractivity contribution in [1.82, 2.24) is 4.90 Å². The number of thioether (sulfide) groups is 1. The fourth-order valence-electron chi connectivity index (χ4n) is 3.97. The average molecular weight is 642 g/mol. The maximum absolute atomic E-state index is 12.9. The number of hydrogen-bond donors (Lipinski definition) is 1. The lowest BCUT2D eigenvalue weighted by atomic mass is 10.1. The van der Waals surface area contributed by atoms with E-state index in [1.165, 1.54) is 7.11 Å². The molecule has 0 bridgehead atoms. The van der Waals surface area contributed by atoms with Crippen LogP contribution in [0.4, 0.5) is 10.5 Å². The molecule has 0 spiro atoms. The lowest BCUT2D eigenvalue weighted by molar-refractivity contribution is -0.123. The van der Waals surface area contributed by atoms with Gasteiger partial charge in [0, 0.05) is 10.2 Å². The molecule has 0 atom stereocenters. The van der Waals surface area contributed by atoms with E-state index in [9.17, 15) is 14.4 Å². The van der Waals surface area contributed by atoms with Gasteiger partial charge in [-0.3, -0.25) is 19.3 Å². The highest BCUT2D eigenvalue weighted by molar-refractivity contribution is 9.10. The van der Waals surface area contributed by atoms with Crippen LogP contribution in [0.3, 0.4) is 0 Å². The summed E-state index contributed by atoms with van der Waals surface area (Å²) < 4.78 is 23.1. The second-order valence-corrected chi connectivity index (χ2v) is 10.8. The fourth-order valence-corrected chi connectivity index (χ4v) is 5.27. The third kappa shape index (κ3) is 7.22. The summed E-state index contributed by atoms with van der Waals surface area (Å²) >= 11 is 4.34. The molecule has 1 aliphatic rings. The molecule has 1 N–H and O–H groups in total. The van der Waals surface area contributed by atoms with E-state index in [1.54, 1.807) is 43.5 Å². The lowest BCUT2D eigenvalue weighted by Gasteiger charge is -2.14. The number of nitrogens with zero attached hydrogens (tertiary/aromatic N) is 1. The summed E-state index contributed by atoms with van der Waals surface area (Å²) in [7, 11) is 3.02. The molecule has 0 aromatic heterocycles. The van der Waals surface area contributed by atoms with Gasteiger partial charge in [-0.2, -0.15) is 0 Å². The van der Waals surface area contributed by atoms with Gasteiger partial charge >= 0.3 is 0 Å². The number of anilines is 1. The van der Waals surface area contributed by atoms with Gasteiger partial charge in [0.25, 0.3) is 17.1 Å². The first-order valence-corrected chi connectivity index (χ1v) is 14.2. The highest BCUT2D eigenvalue weighted by atomic mass is 79.9. The van der Waals surface area contributed by atoms with Crippen molar-refractivity contribution in [1.29, 1.82) is 0 Å². The summed E-state index contributed by atoms with van der Waals surface area (Å²) in [4.78, 5) is 39.4. The maximum Gasteiger partial charge on any atom is 0.293 e. The van der Waals surface area contributed by atoms with Crippen LogP contribution in [0.5, 0.6) is 23.0 Å². The van der Waals surface area contributed by atoms with Crippen molar-refractivity contribution in [3.63, 3.8) is 0 Å². The Morgan fingerprint density at radius 2 is 1.63 bits per heavy atom. The Balaban J connectivity index is 1.36. The predicted molar refractivity (Wildman–Crippen MR) is 162 cm³/mol. The molecule has 3 aromatic carbocycles. The highest BCUT2D eigenvalue weighted by Gasteiger charge is 2.35. The summed E-state index contributed by atoms with van der Waals surface area (Å²) in [6.45, 7) is 3.90. The first-order valence-electron chi connectivity index (χ1n) is 12.6. The minimum Gasteiger partial charge on any atom is -0.493 e. The molecule has 1 saturated heterocycles. The van der Waals surface area contributed by atoms with Crippen LogP contribution in [0.15, 0.2) is 64.0 Å². The maximum atomic E-state index is 12.9. The van der Waals surface area contributed by atoms with Gasteiger partial charge < -0.3 is 24.3 Å². The van der Waals surface area contributed by atoms with E-state index in [2.05, 4.69) is 21.2 Å². The van der Waals surface area contributed by atoms with Crippen molar-refractivity contribution < 1.29 is 33.3 Å². The molecule has 0 radical (unpaired) electrons. The highest BCUT2D eigenvalue weighted by Crippen LogP contribution is 2.35. The zero-order chi connectivity index (χ0) is 29.5. The number of amides is 3. The summed E-state index contributed by atoms with van der Waals surface area (Å²) in [6, 6.07) is 15.9. The molecule has 1 aliphatic heterocycles. The molecule has 4 rings (SSSR count). The summed E-state index contributed by atoms with van der Waals surface area (Å²) in [6.07, 6.45) is 1.61. The Labute approximate surface area is 250 Å². The average Bonchev–Trinajstić information content (AvgIpc) is 3.24. The van der Waals surface area contributed by atoms with Crippen LogP contribution < -0.4 is 24.3 Å². The van der Waals surface area contributed by atoms with Crippen molar-refractivity contribution in [3.05, 3.63) is 80.7 Å². The molecule has 0 aliphatic carbocycles. The predicted octanol–water partition coefficient (Wildman–Crippen LogP) is 6.22. The van der Waals surface area contributed by atoms with E-state index in [-0.39, 0.29) is 35.8 Å². The monoisotopic (exact) mass is 640 g/mol. The quantitative estimate of drug-likeness (QED) is 0.247. The zero-order valence-electron chi connectivity index (χ0n) is 23.0. The molecule has 1 fully saturated rings. The molecule has 41 heavy (non-hydrogen) atoms. The normalized spacial score (nSPS) is 13.9. The van der Waals surface area contributed by atoms with E-state index < -0.39 is 5.91 Å². The molecular formula is C30H29BrN2O7S. The van der Waals surface area contributed by atoms with Crippen LogP contribution in [0, 0.1) is 13.8 Å². The number of nitrogens with one attached hydrogen (secondary N) is 1. The minimum atomic E-state index is -0.405. The van der Waals surface area contributed by atoms with Gasteiger partial charge in [0.05, 0.1) is 25.7 Å². The number of carbonyl (C=O) groups is 3. The van der Waals surface area contributed by atoms with Crippen molar-refractivity contribution >= 4 is 56.5 Å². The molecule has 3 amide bonds. The number of imide groups is 1. The Morgan fingerprint density at radius 3 is 2.37 bits per heavy atom. The molecule has 1 heterocycles. The number of rotatable bonds is 11. The van der Waals surface area contributed by atoms with E-state index in [1.807, 2.05) is 38.1 Å². The second kappa shape index (κ2) is 13.6. The Morgan fingerprint density at radius 1 is 0.927 bits per heavy atom. The van der Waals surface area contributed by atoms with Gasteiger partial charge in [-0.25, -0.2) is 0 Å². The standard InChI is InChI=1S/C30H29BrN2O7S/c1-18-19(2)22(11-10-21(18)31)32-28(34)17-40-25-12-9-20(15-26(25)38-4)16-27-29(35)33(30(36)41-27)13-14-39-24-8-6-5-7-23(24)37-3/h5-12,15-16H,13-14,17H2,1-4H3,(H,32,34)/b27-16-. The number of halogens is 1. The molecule has 0 saturated carbocycles. The largest absolute Gasteiger partial charge is 0.493 e. The van der Waals surface area contributed by atoms with Crippen LogP contribution in [0.1, 0.15) is 16.7 Å². The SMILES string of the molecule is COc1ccccc1OCCN1C(=O)S/C(=C\c2ccc(OCC(=O)Nc3ccc(Br)c(C)c3C)c(OC)c2)C1=O. The van der Waals surface area contributed by atoms with Crippen molar-refractivity contribution in [2.75, 3.05) is 39.3 Å². The van der Waals surface area contributed by atoms with E-state index in [0.717, 1.165) is 32.3 Å². The Hall–Kier alpha value is -3.96. The zero-order valence-corrected chi connectivity index (χ0v) is 25.4. The van der Waals surface area contributed by atoms with Crippen LogP contribution in [0.25, 0.3) is 6.08 Å². The number of benzene rings is 3. The molecule has 214 valence electrons. The second-order valence-electron chi connectivity index (χ2n) is 8.92. The summed E-state index contributed by atoms with van der Waals surface area (Å²) in [5.74, 6) is 1.13. The van der Waals surface area contributed by atoms with Crippen LogP contribution in [-0.4, -0.2) is 55.9 Å². The smallest absolute Gasteiger partial charge is 0.293 e. The van der Waals surface area contributed by atoms with Crippen LogP contribution in [-0.2, 0) is 9.59 Å². The van der Waals surface area contributed by atoms with E-state index in [0.29, 0.717) is 34.2 Å². The Bertz CT molecular complexity index is 1510. The molecular weight excluding hydrogens is 612 g/mol. The minimum absolute atomic E-state index is 0.0948. The summed E-state index contributed by atoms with van der Waals surface area (Å²) in [5.41, 5.74) is 3.35. The Kier molecular flexibility index (Phi) is 9.95. The van der Waals surface area contributed by atoms with E-state index in [4.69, 9.17) is 18.9 Å². The van der Waals surface area contributed by atoms with Crippen molar-refractivity contribution in [3.8, 4) is 23.0 Å². The topological polar surface area (TPSA) is 103 Å². The van der Waals surface area contributed by atoms with Gasteiger partial charge in [0.1, 0.15) is 6.61 Å². The molecule has 9 nitrogen and oxygen atoms in total. The van der Waals surface area contributed by atoms with Gasteiger partial charge in [-0.1, -0.05) is 34.1 Å². The number of para-hydroxylation sites is 2. The molecule has 0 unspecified atom stereocenters.